The number of rotatable bonds is 30. The Morgan fingerprint density at radius 1 is 0.231 bits per heavy atom. The third-order valence-electron chi connectivity index (χ3n) is 22.4. The van der Waals surface area contributed by atoms with E-state index in [4.69, 9.17) is 90.0 Å². The lowest BCUT2D eigenvalue weighted by atomic mass is 9.93. The molecule has 50 atom stereocenters. The normalized spacial score (nSPS) is 50.0. The lowest BCUT2D eigenvalue weighted by molar-refractivity contribution is -0.403. The second kappa shape index (κ2) is 43.0. The Morgan fingerprint density at radius 3 is 1.05 bits per heavy atom. The number of ether oxygens (including phenoxy) is 19. The SMILES string of the molecule is CC(=O)N[C@H]1[C@H](O[C@H]2[C@H](O)[C@@H](NC(C)=O)C(O)O[C@@H]2CO[C@@H]2O[C@@H](C)[C@@H](O)[C@@H](O)[C@@H]2O)O[C@H](CO)[C@@H](O[C@@H]2O[C@H](CO[C@H]3O[C@H](CO)[C@@H](O)[C@H](O)[C@@H]3O[C@@H]3O[C@H](CO)[C@@H](O)[C@H](O)[C@H]3NC(C)=O)[C@@H](O)[C@H](O[C@H]3O[C@H](CO)[C@@H](O)[C@H](O)[C@@H]3O[C@@H]3O[C@H](CO)[C@@H](O[C@@H]4O[C@H](CO)[C@H](O)[C@H](O)[C@H]4O)[C@H](O[C@@H]4O[C@@H](C)[C@@H](O)[C@@H](O)[C@@H]4O)[C@H]3NC(C)=O)[C@@H]2O)[C@@H]1O. The molecule has 0 aromatic carbocycles. The molecular weight excluding hydrogens is 1660 g/mol. The first-order chi connectivity index (χ1) is 57.1. The van der Waals surface area contributed by atoms with Crippen LogP contribution in [0.3, 0.4) is 0 Å². The quantitative estimate of drug-likeness (QED) is 0.0318. The highest BCUT2D eigenvalue weighted by molar-refractivity contribution is 5.74. The zero-order chi connectivity index (χ0) is 89.1. The predicted molar refractivity (Wildman–Crippen MR) is 373 cm³/mol. The molecule has 53 nitrogen and oxygen atoms in total. The maximum atomic E-state index is 13.5. The Bertz CT molecular complexity index is 3270. The van der Waals surface area contributed by atoms with E-state index in [0.29, 0.717) is 0 Å². The molecule has 10 saturated heterocycles. The summed E-state index contributed by atoms with van der Waals surface area (Å²) in [6, 6.07) is -7.61. The van der Waals surface area contributed by atoms with Crippen molar-refractivity contribution < 1.29 is 242 Å². The first-order valence-electron chi connectivity index (χ1n) is 38.8. The highest BCUT2D eigenvalue weighted by Crippen LogP contribution is 2.41. The number of aliphatic hydroxyl groups excluding tert-OH is 26. The molecule has 0 bridgehead atoms. The summed E-state index contributed by atoms with van der Waals surface area (Å²) in [7, 11) is 0. The van der Waals surface area contributed by atoms with Gasteiger partial charge in [-0.05, 0) is 13.8 Å². The third-order valence-corrected chi connectivity index (χ3v) is 22.4. The molecule has 30 N–H and O–H groups in total. The molecule has 10 aliphatic heterocycles. The average molecular weight is 1770 g/mol. The lowest BCUT2D eigenvalue weighted by Crippen LogP contribution is -2.71. The molecule has 53 heteroatoms. The van der Waals surface area contributed by atoms with Gasteiger partial charge in [0, 0.05) is 27.7 Å². The Balaban J connectivity index is 1.01. The van der Waals surface area contributed by atoms with Crippen LogP contribution in [0.1, 0.15) is 41.5 Å². The van der Waals surface area contributed by atoms with Crippen LogP contribution in [0.15, 0.2) is 0 Å². The highest BCUT2D eigenvalue weighted by Gasteiger charge is 2.62. The second-order valence-electron chi connectivity index (χ2n) is 31.0. The fourth-order valence-corrected chi connectivity index (χ4v) is 15.7. The Kier molecular flexibility index (Phi) is 35.3. The zero-order valence-corrected chi connectivity index (χ0v) is 65.5. The fraction of sp³-hybridized carbons (Fsp3) is 0.941. The van der Waals surface area contributed by atoms with Crippen molar-refractivity contribution in [1.82, 2.24) is 21.3 Å². The van der Waals surface area contributed by atoms with Crippen LogP contribution in [0.25, 0.3) is 0 Å². The summed E-state index contributed by atoms with van der Waals surface area (Å²) in [5, 5.41) is 301. The average Bonchev–Trinajstić information content (AvgIpc) is 0.755. The van der Waals surface area contributed by atoms with E-state index in [-0.39, 0.29) is 0 Å². The summed E-state index contributed by atoms with van der Waals surface area (Å²) in [6.45, 7) is -2.57. The number of amides is 4. The van der Waals surface area contributed by atoms with Crippen LogP contribution in [0, 0.1) is 0 Å². The van der Waals surface area contributed by atoms with Crippen LogP contribution in [-0.2, 0) is 109 Å². The van der Waals surface area contributed by atoms with E-state index < -0.39 is 383 Å². The van der Waals surface area contributed by atoms with Crippen molar-refractivity contribution >= 4 is 23.6 Å². The minimum absolute atomic E-state index is 0.843. The van der Waals surface area contributed by atoms with Crippen LogP contribution < -0.4 is 21.3 Å². The number of hydrogen-bond donors (Lipinski definition) is 30. The van der Waals surface area contributed by atoms with E-state index in [1.165, 1.54) is 13.8 Å². The molecule has 0 aromatic heterocycles. The van der Waals surface area contributed by atoms with E-state index in [9.17, 15) is 152 Å². The molecule has 700 valence electrons. The second-order valence-corrected chi connectivity index (χ2v) is 31.0. The van der Waals surface area contributed by atoms with Gasteiger partial charge in [0.25, 0.3) is 0 Å². The summed E-state index contributed by atoms with van der Waals surface area (Å²) >= 11 is 0. The molecule has 0 radical (unpaired) electrons. The highest BCUT2D eigenvalue weighted by atomic mass is 16.8. The molecule has 0 aliphatic carbocycles. The Morgan fingerprint density at radius 2 is 0.537 bits per heavy atom. The topological polar surface area (TPSA) is 818 Å². The van der Waals surface area contributed by atoms with Crippen LogP contribution in [0.2, 0.25) is 0 Å². The van der Waals surface area contributed by atoms with Crippen molar-refractivity contribution in [2.24, 2.45) is 0 Å². The number of hydrogen-bond acceptors (Lipinski definition) is 49. The third kappa shape index (κ3) is 22.0. The largest absolute Gasteiger partial charge is 0.394 e. The summed E-state index contributed by atoms with van der Waals surface area (Å²) < 4.78 is 114. The summed E-state index contributed by atoms with van der Waals surface area (Å²) in [5.41, 5.74) is 0. The standard InChI is InChI=1S/C68H114N4O49/c1-15-33(83)43(93)48(98)63(105-15)103-14-28-53(41(91)29(59(102)107-28)69-17(3)79)115-61-31(71-19(5)81)42(92)52(25(11-77)112-61)116-66-51(101)56(39(89)27(114-66)13-104-67-57(46(96)37(87)23(9-75)110-67)120-60-30(70-18(4)80)40(90)35(85)21(7-73)108-60)119-68-58(47(97)38(88)24(10-76)111-68)121-62-32(72-20(6)82)55(118-64-49(99)44(94)34(84)16(2)106-64)54(26(12-78)113-62)117-65-50(100)45(95)36(86)22(8-74)109-65/h15-16,21-68,73-78,83-102H,7-14H2,1-6H3,(H,69,79)(H,70,80)(H,71,81)(H,72,82)/t15-,16-,21+,22+,23+,24+,25+,26+,27+,28+,29+,30+,31+,32+,33+,34+,35+,36-,37+,38+,39+,40+,41+,42+,43+,44+,45-,46-,47-,48-,49-,50+,51-,52+,53+,54+,55+,56-,57-,58-,59?,60-,61-,62-,63+,64-,65-,66-,67-,68+/m0/s1. The van der Waals surface area contributed by atoms with Crippen LogP contribution in [0.5, 0.6) is 0 Å². The van der Waals surface area contributed by atoms with Gasteiger partial charge in [-0.3, -0.25) is 19.2 Å². The molecule has 4 amide bonds. The zero-order valence-electron chi connectivity index (χ0n) is 65.5. The van der Waals surface area contributed by atoms with Gasteiger partial charge in [-0.25, -0.2) is 0 Å². The van der Waals surface area contributed by atoms with Crippen molar-refractivity contribution in [3.63, 3.8) is 0 Å². The monoisotopic (exact) mass is 1770 g/mol. The van der Waals surface area contributed by atoms with Gasteiger partial charge in [-0.2, -0.15) is 0 Å². The van der Waals surface area contributed by atoms with E-state index >= 15 is 0 Å². The smallest absolute Gasteiger partial charge is 0.217 e. The first-order valence-corrected chi connectivity index (χ1v) is 38.8. The van der Waals surface area contributed by atoms with E-state index in [2.05, 4.69) is 21.3 Å². The molecule has 0 aromatic rings. The van der Waals surface area contributed by atoms with Gasteiger partial charge in [0.2, 0.25) is 23.6 Å². The van der Waals surface area contributed by atoms with Crippen LogP contribution in [-0.4, -0.2) is 516 Å². The van der Waals surface area contributed by atoms with Crippen LogP contribution in [0.4, 0.5) is 0 Å². The minimum atomic E-state index is -2.64. The summed E-state index contributed by atoms with van der Waals surface area (Å²) in [4.78, 5) is 51.8. The van der Waals surface area contributed by atoms with Crippen molar-refractivity contribution in [2.75, 3.05) is 52.9 Å². The molecule has 0 saturated carbocycles. The molecule has 1 unspecified atom stereocenters. The van der Waals surface area contributed by atoms with Crippen LogP contribution >= 0.6 is 0 Å². The Labute approximate surface area is 686 Å². The molecule has 10 fully saturated rings. The lowest BCUT2D eigenvalue weighted by Gasteiger charge is -2.52. The first kappa shape index (κ1) is 99.2. The number of nitrogens with one attached hydrogen (secondary N) is 4. The summed E-state index contributed by atoms with van der Waals surface area (Å²) in [6.07, 6.45) is -95.2. The van der Waals surface area contributed by atoms with Crippen molar-refractivity contribution in [1.29, 1.82) is 0 Å². The van der Waals surface area contributed by atoms with E-state index in [1.54, 1.807) is 0 Å². The van der Waals surface area contributed by atoms with E-state index in [1.807, 2.05) is 0 Å². The van der Waals surface area contributed by atoms with Gasteiger partial charge in [-0.15, -0.1) is 0 Å². The number of carbonyl (C=O) groups excluding carboxylic acids is 4. The maximum Gasteiger partial charge on any atom is 0.217 e. The van der Waals surface area contributed by atoms with Gasteiger partial charge in [0.1, 0.15) is 232 Å². The van der Waals surface area contributed by atoms with Crippen molar-refractivity contribution in [3.05, 3.63) is 0 Å². The van der Waals surface area contributed by atoms with Crippen molar-refractivity contribution in [2.45, 2.75) is 348 Å². The van der Waals surface area contributed by atoms with E-state index in [0.717, 1.165) is 27.7 Å². The number of carbonyl (C=O) groups is 4. The van der Waals surface area contributed by atoms with Gasteiger partial charge >= 0.3 is 0 Å². The van der Waals surface area contributed by atoms with Gasteiger partial charge in [-0.1, -0.05) is 0 Å². The summed E-state index contributed by atoms with van der Waals surface area (Å²) in [5.74, 6) is -3.72. The Hall–Kier alpha value is -3.92. The maximum absolute atomic E-state index is 13.5. The molecular formula is C68H114N4O49. The predicted octanol–water partition coefficient (Wildman–Crippen LogP) is -20.2. The number of aliphatic hydroxyl groups is 26. The molecule has 10 aliphatic rings. The van der Waals surface area contributed by atoms with Gasteiger partial charge in [0.05, 0.1) is 65.1 Å². The minimum Gasteiger partial charge on any atom is -0.394 e. The molecule has 121 heavy (non-hydrogen) atoms. The fourth-order valence-electron chi connectivity index (χ4n) is 15.7. The van der Waals surface area contributed by atoms with Crippen molar-refractivity contribution in [3.8, 4) is 0 Å². The molecule has 10 heterocycles. The molecule has 0 spiro atoms. The molecule has 10 rings (SSSR count). The van der Waals surface area contributed by atoms with Gasteiger partial charge < -0.3 is 244 Å². The van der Waals surface area contributed by atoms with Gasteiger partial charge in [0.15, 0.2) is 62.9 Å².